The highest BCUT2D eigenvalue weighted by Gasteiger charge is 2.30. The number of hydrogen-bond donors (Lipinski definition) is 0. The molecule has 0 radical (unpaired) electrons. The van der Waals surface area contributed by atoms with Crippen molar-refractivity contribution in [1.82, 2.24) is 0 Å². The van der Waals surface area contributed by atoms with E-state index < -0.39 is 0 Å². The van der Waals surface area contributed by atoms with Crippen LogP contribution in [0.15, 0.2) is 140 Å². The molecule has 8 rings (SSSR count). The van der Waals surface area contributed by atoms with Crippen LogP contribution in [0.1, 0.15) is 10.4 Å². The van der Waals surface area contributed by atoms with Gasteiger partial charge in [0, 0.05) is 0 Å². The monoisotopic (exact) mass is 538 g/mol. The van der Waals surface area contributed by atoms with Gasteiger partial charge < -0.3 is 4.74 Å². The standard InChI is InChI=1S/C40H26O2/c1-42-40(41)31-19-9-8-18-29(31)28-22-23-30-34(24-28)37(27-14-6-3-7-15-27)39-33-21-11-17-25-16-10-20-32(35(25)33)38(39)36(30)26-12-4-2-5-13-26/h2-24H,1H3. The van der Waals surface area contributed by atoms with Crippen LogP contribution in [0.5, 0.6) is 0 Å². The molecule has 1 aliphatic carbocycles. The number of hydrogen-bond acceptors (Lipinski definition) is 2. The van der Waals surface area contributed by atoms with Crippen molar-refractivity contribution in [3.8, 4) is 55.6 Å². The number of carbonyl (C=O) groups excluding carboxylic acids is 1. The van der Waals surface area contributed by atoms with Crippen LogP contribution in [-0.2, 0) is 4.74 Å². The Morgan fingerprint density at radius 1 is 0.476 bits per heavy atom. The Balaban J connectivity index is 1.57. The minimum absolute atomic E-state index is 0.338. The summed E-state index contributed by atoms with van der Waals surface area (Å²) in [6.07, 6.45) is 0. The van der Waals surface area contributed by atoms with E-state index in [4.69, 9.17) is 4.74 Å². The van der Waals surface area contributed by atoms with E-state index in [-0.39, 0.29) is 5.97 Å². The highest BCUT2D eigenvalue weighted by atomic mass is 16.5. The molecule has 0 unspecified atom stereocenters. The molecule has 198 valence electrons. The van der Waals surface area contributed by atoms with E-state index in [0.717, 1.165) is 16.5 Å². The van der Waals surface area contributed by atoms with E-state index in [0.29, 0.717) is 5.56 Å². The van der Waals surface area contributed by atoms with Gasteiger partial charge in [-0.25, -0.2) is 4.79 Å². The van der Waals surface area contributed by atoms with Crippen molar-refractivity contribution in [3.63, 3.8) is 0 Å². The lowest BCUT2D eigenvalue weighted by atomic mass is 9.81. The molecule has 0 aliphatic heterocycles. The van der Waals surface area contributed by atoms with Gasteiger partial charge in [0.2, 0.25) is 0 Å². The van der Waals surface area contributed by atoms with Gasteiger partial charge in [0.15, 0.2) is 0 Å². The van der Waals surface area contributed by atoms with Crippen molar-refractivity contribution in [2.75, 3.05) is 7.11 Å². The van der Waals surface area contributed by atoms with Gasteiger partial charge in [0.1, 0.15) is 0 Å². The fourth-order valence-corrected chi connectivity index (χ4v) is 6.78. The second-order valence-corrected chi connectivity index (χ2v) is 10.7. The first-order chi connectivity index (χ1) is 20.7. The summed E-state index contributed by atoms with van der Waals surface area (Å²) in [5.41, 5.74) is 12.3. The lowest BCUT2D eigenvalue weighted by molar-refractivity contribution is 0.0601. The molecule has 7 aromatic rings. The summed E-state index contributed by atoms with van der Waals surface area (Å²) in [7, 11) is 1.43. The van der Waals surface area contributed by atoms with Crippen LogP contribution in [0.2, 0.25) is 0 Å². The van der Waals surface area contributed by atoms with Gasteiger partial charge in [0.25, 0.3) is 0 Å². The van der Waals surface area contributed by atoms with Crippen molar-refractivity contribution in [2.45, 2.75) is 0 Å². The molecule has 0 saturated carbocycles. The molecule has 2 nitrogen and oxygen atoms in total. The first kappa shape index (κ1) is 24.3. The Hall–Kier alpha value is -5.47. The summed E-state index contributed by atoms with van der Waals surface area (Å²) in [6, 6.07) is 49.0. The number of rotatable bonds is 4. The van der Waals surface area contributed by atoms with E-state index in [2.05, 4.69) is 115 Å². The summed E-state index contributed by atoms with van der Waals surface area (Å²) >= 11 is 0. The van der Waals surface area contributed by atoms with Crippen LogP contribution in [-0.4, -0.2) is 13.1 Å². The predicted molar refractivity (Wildman–Crippen MR) is 174 cm³/mol. The third kappa shape index (κ3) is 3.55. The lowest BCUT2D eigenvalue weighted by Gasteiger charge is -2.21. The van der Waals surface area contributed by atoms with Gasteiger partial charge in [-0.15, -0.1) is 0 Å². The van der Waals surface area contributed by atoms with E-state index in [1.165, 1.54) is 67.8 Å². The molecule has 0 aromatic heterocycles. The number of methoxy groups -OCH3 is 1. The van der Waals surface area contributed by atoms with E-state index in [9.17, 15) is 4.79 Å². The lowest BCUT2D eigenvalue weighted by Crippen LogP contribution is -2.03. The summed E-state index contributed by atoms with van der Waals surface area (Å²) in [6.45, 7) is 0. The zero-order chi connectivity index (χ0) is 28.2. The summed E-state index contributed by atoms with van der Waals surface area (Å²) < 4.78 is 5.15. The second kappa shape index (κ2) is 9.57. The van der Waals surface area contributed by atoms with E-state index >= 15 is 0 Å². The zero-order valence-corrected chi connectivity index (χ0v) is 23.1. The molecule has 2 heteroatoms. The van der Waals surface area contributed by atoms with Gasteiger partial charge in [-0.2, -0.15) is 0 Å². The van der Waals surface area contributed by atoms with Gasteiger partial charge in [0.05, 0.1) is 12.7 Å². The Morgan fingerprint density at radius 3 is 1.64 bits per heavy atom. The normalized spacial score (nSPS) is 11.5. The fourth-order valence-electron chi connectivity index (χ4n) is 6.78. The minimum Gasteiger partial charge on any atom is -0.465 e. The molecule has 7 aromatic carbocycles. The molecule has 0 fully saturated rings. The number of benzene rings is 7. The molecule has 0 atom stereocenters. The topological polar surface area (TPSA) is 26.3 Å². The number of esters is 1. The van der Waals surface area contributed by atoms with Gasteiger partial charge >= 0.3 is 5.97 Å². The highest BCUT2D eigenvalue weighted by Crippen LogP contribution is 2.57. The summed E-state index contributed by atoms with van der Waals surface area (Å²) in [5.74, 6) is -0.338. The Kier molecular flexibility index (Phi) is 5.55. The van der Waals surface area contributed by atoms with E-state index in [1.807, 2.05) is 24.3 Å². The first-order valence-electron chi connectivity index (χ1n) is 14.2. The maximum atomic E-state index is 12.8. The number of fused-ring (bicyclic) bond motifs is 4. The van der Waals surface area contributed by atoms with E-state index in [1.54, 1.807) is 0 Å². The van der Waals surface area contributed by atoms with Crippen LogP contribution in [0.25, 0.3) is 77.2 Å². The number of ether oxygens (including phenoxy) is 1. The Bertz CT molecular complexity index is 2170. The molecule has 0 saturated heterocycles. The quantitative estimate of drug-likeness (QED) is 0.208. The molecule has 0 N–H and O–H groups in total. The third-order valence-electron chi connectivity index (χ3n) is 8.52. The van der Waals surface area contributed by atoms with Gasteiger partial charge in [-0.3, -0.25) is 0 Å². The van der Waals surface area contributed by atoms with Crippen molar-refractivity contribution in [1.29, 1.82) is 0 Å². The van der Waals surface area contributed by atoms with Crippen LogP contribution < -0.4 is 0 Å². The molecule has 0 amide bonds. The zero-order valence-electron chi connectivity index (χ0n) is 23.1. The molecular weight excluding hydrogens is 512 g/mol. The smallest absolute Gasteiger partial charge is 0.338 e. The third-order valence-corrected chi connectivity index (χ3v) is 8.52. The molecule has 1 aliphatic rings. The molecule has 42 heavy (non-hydrogen) atoms. The Labute approximate surface area is 244 Å². The van der Waals surface area contributed by atoms with Crippen molar-refractivity contribution in [3.05, 3.63) is 145 Å². The molecule has 0 spiro atoms. The average molecular weight is 539 g/mol. The highest BCUT2D eigenvalue weighted by molar-refractivity contribution is 6.27. The first-order valence-corrected chi connectivity index (χ1v) is 14.2. The van der Waals surface area contributed by atoms with Gasteiger partial charge in [-0.1, -0.05) is 127 Å². The maximum Gasteiger partial charge on any atom is 0.338 e. The summed E-state index contributed by atoms with van der Waals surface area (Å²) in [4.78, 5) is 12.8. The van der Waals surface area contributed by atoms with Crippen LogP contribution >= 0.6 is 0 Å². The van der Waals surface area contributed by atoms with Crippen LogP contribution in [0.4, 0.5) is 0 Å². The van der Waals surface area contributed by atoms with Crippen molar-refractivity contribution in [2.24, 2.45) is 0 Å². The fraction of sp³-hybridized carbons (Fsp3) is 0.0250. The van der Waals surface area contributed by atoms with Crippen molar-refractivity contribution >= 4 is 27.5 Å². The largest absolute Gasteiger partial charge is 0.465 e. The number of carbonyl (C=O) groups is 1. The minimum atomic E-state index is -0.338. The van der Waals surface area contributed by atoms with Crippen LogP contribution in [0, 0.1) is 0 Å². The maximum absolute atomic E-state index is 12.8. The van der Waals surface area contributed by atoms with Gasteiger partial charge in [-0.05, 0) is 89.3 Å². The average Bonchev–Trinajstić information content (AvgIpc) is 3.39. The van der Waals surface area contributed by atoms with Crippen LogP contribution in [0.3, 0.4) is 0 Å². The summed E-state index contributed by atoms with van der Waals surface area (Å²) in [5, 5.41) is 4.88. The molecule has 0 bridgehead atoms. The Morgan fingerprint density at radius 2 is 1.02 bits per heavy atom. The SMILES string of the molecule is COC(=O)c1ccccc1-c1ccc2c(-c3ccccc3)c3c(c(-c4ccccc4)c2c1)-c1cccc2cccc-3c12. The predicted octanol–water partition coefficient (Wildman–Crippen LogP) is 10.4. The second-order valence-electron chi connectivity index (χ2n) is 10.7. The van der Waals surface area contributed by atoms with Crippen molar-refractivity contribution < 1.29 is 9.53 Å². The molecule has 0 heterocycles. The molecular formula is C40H26O2.